The largest absolute Gasteiger partial charge is 0.339 e. The van der Waals surface area contributed by atoms with Crippen LogP contribution >= 0.6 is 0 Å². The molecule has 8 heteroatoms. The van der Waals surface area contributed by atoms with Crippen molar-refractivity contribution in [1.29, 1.82) is 0 Å². The van der Waals surface area contributed by atoms with Crippen LogP contribution in [0.15, 0.2) is 47.4 Å². The molecule has 1 aliphatic heterocycles. The third-order valence-corrected chi connectivity index (χ3v) is 7.02. The van der Waals surface area contributed by atoms with E-state index in [4.69, 9.17) is 0 Å². The standard InChI is InChI=1S/C26H29N5O3/c32-24-21-9-5-4-8-20(21)22(28-29-24)16-18-10-11-27-23(17-18)26(34)31-14-12-30(13-15-31)25(33)19-6-2-1-3-7-19/h4-5,8-11,17,19H,1-3,6-7,12-16H2,(H,29,32). The maximum Gasteiger partial charge on any atom is 0.272 e. The van der Waals surface area contributed by atoms with E-state index in [0.717, 1.165) is 42.3 Å². The third-order valence-electron chi connectivity index (χ3n) is 7.02. The van der Waals surface area contributed by atoms with Crippen molar-refractivity contribution in [2.75, 3.05) is 26.2 Å². The Hall–Kier alpha value is -3.55. The van der Waals surface area contributed by atoms with Crippen LogP contribution in [-0.2, 0) is 11.2 Å². The second kappa shape index (κ2) is 9.75. The molecular weight excluding hydrogens is 430 g/mol. The number of hydrogen-bond donors (Lipinski definition) is 1. The van der Waals surface area contributed by atoms with Gasteiger partial charge in [0.2, 0.25) is 5.91 Å². The molecule has 0 unspecified atom stereocenters. The number of H-pyrrole nitrogens is 1. The van der Waals surface area contributed by atoms with Crippen molar-refractivity contribution in [1.82, 2.24) is 25.0 Å². The molecule has 2 fully saturated rings. The van der Waals surface area contributed by atoms with Gasteiger partial charge in [0.15, 0.2) is 0 Å². The van der Waals surface area contributed by atoms with Crippen LogP contribution in [0.5, 0.6) is 0 Å². The minimum Gasteiger partial charge on any atom is -0.339 e. The SMILES string of the molecule is O=C(c1cc(Cc2n[nH]c(=O)c3ccccc23)ccn1)N1CCN(C(=O)C2CCCCC2)CC1. The molecule has 1 N–H and O–H groups in total. The molecule has 0 bridgehead atoms. The van der Waals surface area contributed by atoms with E-state index in [-0.39, 0.29) is 23.3 Å². The van der Waals surface area contributed by atoms with Crippen LogP contribution in [0, 0.1) is 5.92 Å². The first-order valence-corrected chi connectivity index (χ1v) is 12.1. The van der Waals surface area contributed by atoms with Crippen LogP contribution in [0.3, 0.4) is 0 Å². The molecule has 2 amide bonds. The quantitative estimate of drug-likeness (QED) is 0.647. The molecule has 1 aliphatic carbocycles. The van der Waals surface area contributed by atoms with Crippen molar-refractivity contribution >= 4 is 22.6 Å². The summed E-state index contributed by atoms with van der Waals surface area (Å²) in [5.74, 6) is 0.297. The molecule has 3 aromatic rings. The van der Waals surface area contributed by atoms with E-state index >= 15 is 0 Å². The number of pyridine rings is 1. The molecule has 2 aromatic heterocycles. The normalized spacial score (nSPS) is 17.2. The van der Waals surface area contributed by atoms with Gasteiger partial charge in [0.05, 0.1) is 11.1 Å². The van der Waals surface area contributed by atoms with E-state index in [1.54, 1.807) is 23.2 Å². The number of nitrogens with zero attached hydrogens (tertiary/aromatic N) is 4. The average molecular weight is 460 g/mol. The number of fused-ring (bicyclic) bond motifs is 1. The number of carbonyl (C=O) groups excluding carboxylic acids is 2. The Bertz CT molecular complexity index is 1260. The fraction of sp³-hybridized carbons (Fsp3) is 0.423. The van der Waals surface area contributed by atoms with Gasteiger partial charge >= 0.3 is 0 Å². The van der Waals surface area contributed by atoms with Crippen LogP contribution in [0.1, 0.15) is 53.8 Å². The Kier molecular flexibility index (Phi) is 6.38. The van der Waals surface area contributed by atoms with Gasteiger partial charge in [0.1, 0.15) is 5.69 Å². The lowest BCUT2D eigenvalue weighted by molar-refractivity contribution is -0.138. The Morgan fingerprint density at radius 2 is 1.65 bits per heavy atom. The van der Waals surface area contributed by atoms with Gasteiger partial charge in [-0.15, -0.1) is 0 Å². The summed E-state index contributed by atoms with van der Waals surface area (Å²) in [6.45, 7) is 2.20. The van der Waals surface area contributed by atoms with Gasteiger partial charge in [-0.3, -0.25) is 19.4 Å². The van der Waals surface area contributed by atoms with E-state index in [1.807, 2.05) is 29.2 Å². The fourth-order valence-corrected chi connectivity index (χ4v) is 5.10. The minimum absolute atomic E-state index is 0.120. The van der Waals surface area contributed by atoms with Crippen LogP contribution in [0.25, 0.3) is 10.8 Å². The molecule has 1 saturated heterocycles. The average Bonchev–Trinajstić information content (AvgIpc) is 2.90. The first-order chi connectivity index (χ1) is 16.6. The van der Waals surface area contributed by atoms with E-state index in [0.29, 0.717) is 43.7 Å². The third kappa shape index (κ3) is 4.58. The second-order valence-corrected chi connectivity index (χ2v) is 9.22. The monoisotopic (exact) mass is 459 g/mol. The number of rotatable bonds is 4. The molecule has 0 spiro atoms. The highest BCUT2D eigenvalue weighted by molar-refractivity contribution is 5.93. The number of benzene rings is 1. The van der Waals surface area contributed by atoms with Gasteiger partial charge in [0.25, 0.3) is 11.5 Å². The summed E-state index contributed by atoms with van der Waals surface area (Å²) in [5, 5.41) is 8.20. The zero-order valence-corrected chi connectivity index (χ0v) is 19.2. The van der Waals surface area contributed by atoms with Crippen molar-refractivity contribution in [3.8, 4) is 0 Å². The molecule has 3 heterocycles. The topological polar surface area (TPSA) is 99.3 Å². The van der Waals surface area contributed by atoms with Gasteiger partial charge in [0, 0.05) is 50.1 Å². The number of amides is 2. The first kappa shape index (κ1) is 22.3. The maximum atomic E-state index is 13.1. The summed E-state index contributed by atoms with van der Waals surface area (Å²) in [4.78, 5) is 46.0. The molecular formula is C26H29N5O3. The number of aromatic nitrogens is 3. The first-order valence-electron chi connectivity index (χ1n) is 12.1. The lowest BCUT2D eigenvalue weighted by atomic mass is 9.88. The van der Waals surface area contributed by atoms with Crippen molar-refractivity contribution in [2.24, 2.45) is 5.92 Å². The molecule has 176 valence electrons. The maximum absolute atomic E-state index is 13.1. The van der Waals surface area contributed by atoms with E-state index in [2.05, 4.69) is 15.2 Å². The molecule has 5 rings (SSSR count). The minimum atomic E-state index is -0.217. The highest BCUT2D eigenvalue weighted by atomic mass is 16.2. The smallest absolute Gasteiger partial charge is 0.272 e. The van der Waals surface area contributed by atoms with Gasteiger partial charge in [-0.05, 0) is 36.6 Å². The van der Waals surface area contributed by atoms with Crippen LogP contribution < -0.4 is 5.56 Å². The Morgan fingerprint density at radius 1 is 0.941 bits per heavy atom. The predicted octanol–water partition coefficient (Wildman–Crippen LogP) is 2.77. The second-order valence-electron chi connectivity index (χ2n) is 9.22. The van der Waals surface area contributed by atoms with E-state index < -0.39 is 0 Å². The summed E-state index contributed by atoms with van der Waals surface area (Å²) in [5.41, 5.74) is 1.81. The van der Waals surface area contributed by atoms with Crippen molar-refractivity contribution in [3.05, 3.63) is 69.9 Å². The number of piperazine rings is 1. The molecule has 0 atom stereocenters. The summed E-state index contributed by atoms with van der Waals surface area (Å²) >= 11 is 0. The number of nitrogens with one attached hydrogen (secondary N) is 1. The highest BCUT2D eigenvalue weighted by Crippen LogP contribution is 2.26. The zero-order valence-electron chi connectivity index (χ0n) is 19.2. The van der Waals surface area contributed by atoms with Crippen LogP contribution in [0.4, 0.5) is 0 Å². The molecule has 1 aromatic carbocycles. The van der Waals surface area contributed by atoms with Gasteiger partial charge in [-0.1, -0.05) is 37.5 Å². The van der Waals surface area contributed by atoms with E-state index in [1.165, 1.54) is 6.42 Å². The number of carbonyl (C=O) groups is 2. The van der Waals surface area contributed by atoms with Gasteiger partial charge in [-0.25, -0.2) is 5.10 Å². The predicted molar refractivity (Wildman–Crippen MR) is 128 cm³/mol. The Balaban J connectivity index is 1.25. The molecule has 1 saturated carbocycles. The van der Waals surface area contributed by atoms with Gasteiger partial charge in [-0.2, -0.15) is 5.10 Å². The van der Waals surface area contributed by atoms with Crippen molar-refractivity contribution < 1.29 is 9.59 Å². The number of hydrogen-bond acceptors (Lipinski definition) is 5. The summed E-state index contributed by atoms with van der Waals surface area (Å²) in [6, 6.07) is 11.0. The molecule has 2 aliphatic rings. The molecule has 34 heavy (non-hydrogen) atoms. The Labute approximate surface area is 198 Å². The van der Waals surface area contributed by atoms with Crippen LogP contribution in [-0.4, -0.2) is 63.0 Å². The lowest BCUT2D eigenvalue weighted by Gasteiger charge is -2.37. The fourth-order valence-electron chi connectivity index (χ4n) is 5.10. The molecule has 0 radical (unpaired) electrons. The lowest BCUT2D eigenvalue weighted by Crippen LogP contribution is -2.52. The number of aromatic amines is 1. The van der Waals surface area contributed by atoms with Crippen molar-refractivity contribution in [3.63, 3.8) is 0 Å². The van der Waals surface area contributed by atoms with Gasteiger partial charge < -0.3 is 9.80 Å². The van der Waals surface area contributed by atoms with Crippen LogP contribution in [0.2, 0.25) is 0 Å². The highest BCUT2D eigenvalue weighted by Gasteiger charge is 2.30. The summed E-state index contributed by atoms with van der Waals surface area (Å²) < 4.78 is 0. The van der Waals surface area contributed by atoms with Crippen molar-refractivity contribution in [2.45, 2.75) is 38.5 Å². The molecule has 8 nitrogen and oxygen atoms in total. The van der Waals surface area contributed by atoms with E-state index in [9.17, 15) is 14.4 Å². The summed E-state index contributed by atoms with van der Waals surface area (Å²) in [7, 11) is 0. The summed E-state index contributed by atoms with van der Waals surface area (Å²) in [6.07, 6.45) is 7.61. The zero-order chi connectivity index (χ0) is 23.5. The Morgan fingerprint density at radius 3 is 2.41 bits per heavy atom.